The van der Waals surface area contributed by atoms with Gasteiger partial charge in [-0.15, -0.1) is 0 Å². The highest BCUT2D eigenvalue weighted by molar-refractivity contribution is 6.06. The van der Waals surface area contributed by atoms with Crippen molar-refractivity contribution in [2.24, 2.45) is 0 Å². The Labute approximate surface area is 149 Å². The molecule has 130 valence electrons. The maximum atomic E-state index is 14.0. The predicted molar refractivity (Wildman–Crippen MR) is 99.7 cm³/mol. The Kier molecular flexibility index (Phi) is 3.72. The van der Waals surface area contributed by atoms with Crippen LogP contribution >= 0.6 is 0 Å². The molecule has 0 bridgehead atoms. The third kappa shape index (κ3) is 2.44. The average molecular weight is 348 g/mol. The van der Waals surface area contributed by atoms with Gasteiger partial charge >= 0.3 is 5.97 Å². The number of fused-ring (bicyclic) bond motifs is 2. The fourth-order valence-corrected chi connectivity index (χ4v) is 3.68. The summed E-state index contributed by atoms with van der Waals surface area (Å²) >= 11 is 0. The van der Waals surface area contributed by atoms with Crippen LogP contribution in [0.4, 0.5) is 4.39 Å². The Bertz CT molecular complexity index is 1180. The molecule has 4 aromatic rings. The van der Waals surface area contributed by atoms with E-state index >= 15 is 0 Å². The van der Waals surface area contributed by atoms with Crippen molar-refractivity contribution in [1.82, 2.24) is 9.55 Å². The molecule has 0 aliphatic carbocycles. The molecule has 1 N–H and O–H groups in total. The van der Waals surface area contributed by atoms with Gasteiger partial charge in [0.05, 0.1) is 5.52 Å². The van der Waals surface area contributed by atoms with Crippen LogP contribution in [0.2, 0.25) is 0 Å². The van der Waals surface area contributed by atoms with Crippen molar-refractivity contribution in [3.63, 3.8) is 0 Å². The highest BCUT2D eigenvalue weighted by Crippen LogP contribution is 2.38. The van der Waals surface area contributed by atoms with E-state index in [9.17, 15) is 14.3 Å². The molecule has 4 rings (SSSR count). The number of carboxylic acids is 1. The fourth-order valence-electron chi connectivity index (χ4n) is 3.68. The Hall–Kier alpha value is -3.21. The van der Waals surface area contributed by atoms with Gasteiger partial charge in [-0.25, -0.2) is 4.39 Å². The molecule has 2 heterocycles. The molecule has 4 nitrogen and oxygen atoms in total. The SMILES string of the molecule is Cc1cccc2c(-c3c(C)n(CC(=O)O)c4ccc(F)cc34)ccnc12. The number of hydrogen-bond donors (Lipinski definition) is 1. The Morgan fingerprint density at radius 1 is 1.15 bits per heavy atom. The third-order valence-corrected chi connectivity index (χ3v) is 4.82. The van der Waals surface area contributed by atoms with Gasteiger partial charge in [0.1, 0.15) is 12.4 Å². The standard InChI is InChI=1S/C21H17FN2O2/c1-12-4-3-5-16-15(8-9-23-21(12)16)20-13(2)24(11-19(25)26)18-7-6-14(22)10-17(18)20/h3-10H,11H2,1-2H3,(H,25,26). The van der Waals surface area contributed by atoms with Crippen molar-refractivity contribution in [2.45, 2.75) is 20.4 Å². The second-order valence-electron chi connectivity index (χ2n) is 6.43. The molecule has 0 fully saturated rings. The summed E-state index contributed by atoms with van der Waals surface area (Å²) in [6.45, 7) is 3.70. The Morgan fingerprint density at radius 2 is 1.96 bits per heavy atom. The largest absolute Gasteiger partial charge is 0.480 e. The van der Waals surface area contributed by atoms with Gasteiger partial charge in [-0.1, -0.05) is 18.2 Å². The molecule has 0 amide bonds. The van der Waals surface area contributed by atoms with Gasteiger partial charge in [0.25, 0.3) is 0 Å². The quantitative estimate of drug-likeness (QED) is 0.584. The minimum absolute atomic E-state index is 0.171. The van der Waals surface area contributed by atoms with E-state index in [-0.39, 0.29) is 12.4 Å². The zero-order valence-corrected chi connectivity index (χ0v) is 14.5. The highest BCUT2D eigenvalue weighted by atomic mass is 19.1. The number of para-hydroxylation sites is 1. The highest BCUT2D eigenvalue weighted by Gasteiger charge is 2.19. The number of carboxylic acid groups (broad SMARTS) is 1. The number of pyridine rings is 1. The lowest BCUT2D eigenvalue weighted by Gasteiger charge is -2.09. The zero-order valence-electron chi connectivity index (χ0n) is 14.5. The number of carbonyl (C=O) groups is 1. The van der Waals surface area contributed by atoms with E-state index in [4.69, 9.17) is 0 Å². The molecule has 0 atom stereocenters. The molecule has 0 unspecified atom stereocenters. The van der Waals surface area contributed by atoms with E-state index in [0.717, 1.165) is 33.3 Å². The van der Waals surface area contributed by atoms with Crippen molar-refractivity contribution < 1.29 is 14.3 Å². The summed E-state index contributed by atoms with van der Waals surface area (Å²) in [7, 11) is 0. The molecule has 0 aliphatic rings. The molecule has 0 saturated heterocycles. The van der Waals surface area contributed by atoms with Crippen LogP contribution in [0, 0.1) is 19.7 Å². The number of benzene rings is 2. The summed E-state index contributed by atoms with van der Waals surface area (Å²) in [6, 6.07) is 12.3. The molecule has 0 spiro atoms. The van der Waals surface area contributed by atoms with Gasteiger partial charge in [-0.2, -0.15) is 0 Å². The van der Waals surface area contributed by atoms with E-state index in [1.165, 1.54) is 12.1 Å². The topological polar surface area (TPSA) is 55.1 Å². The first-order valence-electron chi connectivity index (χ1n) is 8.32. The van der Waals surface area contributed by atoms with Crippen molar-refractivity contribution >= 4 is 27.8 Å². The number of hydrogen-bond acceptors (Lipinski definition) is 2. The average Bonchev–Trinajstić information content (AvgIpc) is 2.86. The normalized spacial score (nSPS) is 11.3. The van der Waals surface area contributed by atoms with Crippen molar-refractivity contribution in [3.8, 4) is 11.1 Å². The lowest BCUT2D eigenvalue weighted by Crippen LogP contribution is -2.09. The van der Waals surface area contributed by atoms with E-state index < -0.39 is 5.97 Å². The summed E-state index contributed by atoms with van der Waals surface area (Å²) in [6.07, 6.45) is 1.74. The predicted octanol–water partition coefficient (Wildman–Crippen LogP) is 4.70. The van der Waals surface area contributed by atoms with Crippen LogP contribution in [0.5, 0.6) is 0 Å². The van der Waals surface area contributed by atoms with Crippen LogP contribution in [0.1, 0.15) is 11.3 Å². The summed E-state index contributed by atoms with van der Waals surface area (Å²) in [5.41, 5.74) is 5.22. The van der Waals surface area contributed by atoms with Gasteiger partial charge in [-0.3, -0.25) is 9.78 Å². The van der Waals surface area contributed by atoms with E-state index in [1.807, 2.05) is 38.1 Å². The molecule has 0 aliphatic heterocycles. The maximum Gasteiger partial charge on any atom is 0.323 e. The minimum atomic E-state index is -0.934. The lowest BCUT2D eigenvalue weighted by molar-refractivity contribution is -0.137. The molecular formula is C21H17FN2O2. The monoisotopic (exact) mass is 348 g/mol. The van der Waals surface area contributed by atoms with Gasteiger partial charge in [-0.05, 0) is 49.2 Å². The summed E-state index contributed by atoms with van der Waals surface area (Å²) in [5.74, 6) is -1.28. The van der Waals surface area contributed by atoms with Crippen LogP contribution in [0.3, 0.4) is 0 Å². The molecular weight excluding hydrogens is 331 g/mol. The summed E-state index contributed by atoms with van der Waals surface area (Å²) in [5, 5.41) is 11.0. The molecule has 0 radical (unpaired) electrons. The second-order valence-corrected chi connectivity index (χ2v) is 6.43. The second kappa shape index (κ2) is 5.95. The van der Waals surface area contributed by atoms with Crippen LogP contribution in [0.25, 0.3) is 32.9 Å². The first-order valence-corrected chi connectivity index (χ1v) is 8.32. The fraction of sp³-hybridized carbons (Fsp3) is 0.143. The van der Waals surface area contributed by atoms with Crippen LogP contribution in [0.15, 0.2) is 48.7 Å². The Morgan fingerprint density at radius 3 is 2.73 bits per heavy atom. The van der Waals surface area contributed by atoms with Crippen LogP contribution in [-0.4, -0.2) is 20.6 Å². The van der Waals surface area contributed by atoms with Crippen molar-refractivity contribution in [1.29, 1.82) is 0 Å². The third-order valence-electron chi connectivity index (χ3n) is 4.82. The first kappa shape index (κ1) is 16.3. The van der Waals surface area contributed by atoms with Crippen LogP contribution < -0.4 is 0 Å². The lowest BCUT2D eigenvalue weighted by atomic mass is 9.97. The first-order chi connectivity index (χ1) is 12.5. The van der Waals surface area contributed by atoms with E-state index in [2.05, 4.69) is 4.98 Å². The van der Waals surface area contributed by atoms with E-state index in [1.54, 1.807) is 16.8 Å². The number of aromatic nitrogens is 2. The molecule has 2 aromatic heterocycles. The number of aliphatic carboxylic acids is 1. The smallest absolute Gasteiger partial charge is 0.323 e. The van der Waals surface area contributed by atoms with Gasteiger partial charge < -0.3 is 9.67 Å². The van der Waals surface area contributed by atoms with E-state index in [0.29, 0.717) is 10.9 Å². The summed E-state index contributed by atoms with van der Waals surface area (Å²) in [4.78, 5) is 15.8. The van der Waals surface area contributed by atoms with Crippen molar-refractivity contribution in [3.05, 3.63) is 65.7 Å². The van der Waals surface area contributed by atoms with Crippen molar-refractivity contribution in [2.75, 3.05) is 0 Å². The number of aryl methyl sites for hydroxylation is 1. The zero-order chi connectivity index (χ0) is 18.4. The van der Waals surface area contributed by atoms with Gasteiger partial charge in [0, 0.05) is 33.7 Å². The van der Waals surface area contributed by atoms with Gasteiger partial charge in [0.2, 0.25) is 0 Å². The van der Waals surface area contributed by atoms with Gasteiger partial charge in [0.15, 0.2) is 0 Å². The number of halogens is 1. The molecule has 5 heteroatoms. The molecule has 26 heavy (non-hydrogen) atoms. The minimum Gasteiger partial charge on any atom is -0.480 e. The Balaban J connectivity index is 2.13. The molecule has 0 saturated carbocycles. The number of nitrogens with zero attached hydrogens (tertiary/aromatic N) is 2. The summed E-state index contributed by atoms with van der Waals surface area (Å²) < 4.78 is 15.7. The maximum absolute atomic E-state index is 14.0. The molecule has 2 aromatic carbocycles. The van der Waals surface area contributed by atoms with Crippen LogP contribution in [-0.2, 0) is 11.3 Å². The number of rotatable bonds is 3.